The molecule has 1 aromatic carbocycles. The van der Waals surface area contributed by atoms with Crippen LogP contribution in [0.15, 0.2) is 37.6 Å². The van der Waals surface area contributed by atoms with Gasteiger partial charge in [-0.15, -0.1) is 0 Å². The van der Waals surface area contributed by atoms with Gasteiger partial charge in [-0.05, 0) is 43.2 Å². The summed E-state index contributed by atoms with van der Waals surface area (Å²) in [5.41, 5.74) is 2.82. The van der Waals surface area contributed by atoms with Gasteiger partial charge in [-0.2, -0.15) is 4.58 Å². The first-order valence-corrected chi connectivity index (χ1v) is 6.92. The van der Waals surface area contributed by atoms with Gasteiger partial charge >= 0.3 is 5.90 Å². The van der Waals surface area contributed by atoms with Crippen molar-refractivity contribution in [2.24, 2.45) is 0 Å². The molecule has 1 fully saturated rings. The highest BCUT2D eigenvalue weighted by Gasteiger charge is 2.30. The normalized spacial score (nSPS) is 20.6. The van der Waals surface area contributed by atoms with E-state index in [1.165, 1.54) is 6.26 Å². The lowest BCUT2D eigenvalue weighted by atomic mass is 10.0. The molecule has 106 valence electrons. The van der Waals surface area contributed by atoms with Crippen LogP contribution >= 0.6 is 0 Å². The number of aliphatic hydroxyl groups is 1. The molecule has 0 amide bonds. The van der Waals surface area contributed by atoms with Crippen molar-refractivity contribution in [3.8, 4) is 5.75 Å². The minimum Gasteiger partial charge on any atom is -0.465 e. The Morgan fingerprint density at radius 2 is 2.10 bits per heavy atom. The summed E-state index contributed by atoms with van der Waals surface area (Å²) in [7, 11) is 0. The van der Waals surface area contributed by atoms with Crippen LogP contribution < -0.4 is 4.74 Å². The first kappa shape index (κ1) is 14.4. The van der Waals surface area contributed by atoms with Crippen molar-refractivity contribution < 1.29 is 14.4 Å². The lowest BCUT2D eigenvalue weighted by Crippen LogP contribution is -2.26. The summed E-state index contributed by atoms with van der Waals surface area (Å²) in [4.78, 5) is 0. The SMILES string of the molecule is C=COc1cc(C)c(C(O)=[N+]2CCCC2C=C)cc1C. The largest absolute Gasteiger partial charge is 0.465 e. The van der Waals surface area contributed by atoms with Gasteiger partial charge in [-0.25, -0.2) is 0 Å². The molecular formula is C17H22NO2+. The second-order valence-corrected chi connectivity index (χ2v) is 5.18. The van der Waals surface area contributed by atoms with Crippen molar-refractivity contribution in [3.63, 3.8) is 0 Å². The van der Waals surface area contributed by atoms with Crippen molar-refractivity contribution in [1.82, 2.24) is 0 Å². The van der Waals surface area contributed by atoms with E-state index in [1.54, 1.807) is 0 Å². The van der Waals surface area contributed by atoms with Crippen molar-refractivity contribution in [2.45, 2.75) is 32.7 Å². The molecule has 0 radical (unpaired) electrons. The standard InChI is InChI=1S/C17H21NO2/c1-5-14-8-7-9-18(14)17(19)15-10-13(4)16(20-6-2)11-12(15)3/h5-6,10-11,14H,1-2,7-9H2,3-4H3/p+1. The van der Waals surface area contributed by atoms with Crippen LogP contribution in [0.4, 0.5) is 0 Å². The maximum absolute atomic E-state index is 10.6. The number of rotatable bonds is 4. The number of benzene rings is 1. The smallest absolute Gasteiger partial charge is 0.368 e. The van der Waals surface area contributed by atoms with Crippen molar-refractivity contribution in [1.29, 1.82) is 0 Å². The lowest BCUT2D eigenvalue weighted by molar-refractivity contribution is -0.539. The van der Waals surface area contributed by atoms with E-state index in [1.807, 2.05) is 36.6 Å². The van der Waals surface area contributed by atoms with Crippen LogP contribution in [-0.2, 0) is 0 Å². The molecule has 0 aliphatic carbocycles. The van der Waals surface area contributed by atoms with Gasteiger partial charge < -0.3 is 9.84 Å². The predicted molar refractivity (Wildman–Crippen MR) is 81.8 cm³/mol. The van der Waals surface area contributed by atoms with Crippen molar-refractivity contribution in [3.05, 3.63) is 54.3 Å². The molecule has 0 aromatic heterocycles. The van der Waals surface area contributed by atoms with Gasteiger partial charge in [0.2, 0.25) is 0 Å². The third-order valence-electron chi connectivity index (χ3n) is 3.82. The molecule has 1 N–H and O–H groups in total. The van der Waals surface area contributed by atoms with E-state index in [0.29, 0.717) is 5.90 Å². The number of ether oxygens (including phenoxy) is 1. The highest BCUT2D eigenvalue weighted by Crippen LogP contribution is 2.24. The fourth-order valence-electron chi connectivity index (χ4n) is 2.70. The molecule has 1 saturated heterocycles. The zero-order chi connectivity index (χ0) is 14.7. The predicted octanol–water partition coefficient (Wildman–Crippen LogP) is 3.49. The second kappa shape index (κ2) is 5.95. The van der Waals surface area contributed by atoms with Crippen LogP contribution in [-0.4, -0.2) is 28.2 Å². The van der Waals surface area contributed by atoms with Gasteiger partial charge in [0.05, 0.1) is 11.8 Å². The van der Waals surface area contributed by atoms with Crippen LogP contribution in [0.2, 0.25) is 0 Å². The number of hydrogen-bond acceptors (Lipinski definition) is 1. The van der Waals surface area contributed by atoms with Gasteiger partial charge in [0.25, 0.3) is 0 Å². The molecule has 20 heavy (non-hydrogen) atoms. The number of aryl methyl sites for hydroxylation is 2. The van der Waals surface area contributed by atoms with Crippen LogP contribution in [0.3, 0.4) is 0 Å². The van der Waals surface area contributed by atoms with E-state index in [0.717, 1.165) is 41.8 Å². The molecule has 3 nitrogen and oxygen atoms in total. The number of nitrogens with zero attached hydrogens (tertiary/aromatic N) is 1. The van der Waals surface area contributed by atoms with E-state index in [-0.39, 0.29) is 6.04 Å². The summed E-state index contributed by atoms with van der Waals surface area (Å²) in [6.45, 7) is 12.2. The zero-order valence-electron chi connectivity index (χ0n) is 12.2. The first-order valence-electron chi connectivity index (χ1n) is 6.92. The van der Waals surface area contributed by atoms with Crippen LogP contribution in [0.25, 0.3) is 0 Å². The highest BCUT2D eigenvalue weighted by molar-refractivity contribution is 5.90. The minimum absolute atomic E-state index is 0.221. The van der Waals surface area contributed by atoms with E-state index < -0.39 is 0 Å². The maximum Gasteiger partial charge on any atom is 0.368 e. The Morgan fingerprint density at radius 1 is 1.35 bits per heavy atom. The highest BCUT2D eigenvalue weighted by atomic mass is 16.5. The van der Waals surface area contributed by atoms with Gasteiger partial charge in [0.1, 0.15) is 12.3 Å². The molecule has 3 heteroatoms. The average Bonchev–Trinajstić information content (AvgIpc) is 2.90. The monoisotopic (exact) mass is 272 g/mol. The van der Waals surface area contributed by atoms with Gasteiger partial charge in [-0.3, -0.25) is 0 Å². The lowest BCUT2D eigenvalue weighted by Gasteiger charge is -2.11. The van der Waals surface area contributed by atoms with Crippen molar-refractivity contribution in [2.75, 3.05) is 6.54 Å². The molecule has 2 rings (SSSR count). The summed E-state index contributed by atoms with van der Waals surface area (Å²) < 4.78 is 7.38. The molecule has 0 bridgehead atoms. The molecule has 1 unspecified atom stereocenters. The molecule has 1 aliphatic heterocycles. The first-order chi connectivity index (χ1) is 9.58. The third kappa shape index (κ3) is 2.62. The Bertz CT molecular complexity index is 573. The Hall–Kier alpha value is -2.03. The van der Waals surface area contributed by atoms with Crippen molar-refractivity contribution >= 4 is 5.90 Å². The Kier molecular flexibility index (Phi) is 4.28. The van der Waals surface area contributed by atoms with Gasteiger partial charge in [0, 0.05) is 12.8 Å². The molecule has 0 spiro atoms. The fourth-order valence-corrected chi connectivity index (χ4v) is 2.70. The van der Waals surface area contributed by atoms with E-state index in [2.05, 4.69) is 13.2 Å². The topological polar surface area (TPSA) is 32.5 Å². The molecule has 1 heterocycles. The van der Waals surface area contributed by atoms with E-state index in [4.69, 9.17) is 4.74 Å². The van der Waals surface area contributed by atoms with Gasteiger partial charge in [-0.1, -0.05) is 13.2 Å². The zero-order valence-corrected chi connectivity index (χ0v) is 12.2. The summed E-state index contributed by atoms with van der Waals surface area (Å²) >= 11 is 0. The Morgan fingerprint density at radius 3 is 2.75 bits per heavy atom. The molecular weight excluding hydrogens is 250 g/mol. The average molecular weight is 272 g/mol. The van der Waals surface area contributed by atoms with Crippen LogP contribution in [0.5, 0.6) is 5.75 Å². The Balaban J connectivity index is 2.47. The van der Waals surface area contributed by atoms with Crippen LogP contribution in [0.1, 0.15) is 29.5 Å². The molecule has 1 aliphatic rings. The second-order valence-electron chi connectivity index (χ2n) is 5.18. The Labute approximate surface area is 120 Å². The number of hydrogen-bond donors (Lipinski definition) is 1. The maximum atomic E-state index is 10.6. The fraction of sp³-hybridized carbons (Fsp3) is 0.353. The van der Waals surface area contributed by atoms with E-state index >= 15 is 0 Å². The molecule has 1 aromatic rings. The summed E-state index contributed by atoms with van der Waals surface area (Å²) in [5.74, 6) is 1.11. The summed E-state index contributed by atoms with van der Waals surface area (Å²) in [6, 6.07) is 4.11. The van der Waals surface area contributed by atoms with E-state index in [9.17, 15) is 5.11 Å². The number of aliphatic hydroxyl groups excluding tert-OH is 1. The molecule has 1 atom stereocenters. The summed E-state index contributed by atoms with van der Waals surface area (Å²) in [5, 5.41) is 10.6. The molecule has 0 saturated carbocycles. The third-order valence-corrected chi connectivity index (χ3v) is 3.82. The van der Waals surface area contributed by atoms with Gasteiger partial charge in [0.15, 0.2) is 6.04 Å². The summed E-state index contributed by atoms with van der Waals surface area (Å²) in [6.07, 6.45) is 5.44. The minimum atomic E-state index is 0.221. The van der Waals surface area contributed by atoms with Crippen LogP contribution in [0, 0.1) is 13.8 Å². The quantitative estimate of drug-likeness (QED) is 0.394.